The molecule has 1 saturated heterocycles. The van der Waals surface area contributed by atoms with Gasteiger partial charge in [-0.15, -0.1) is 0 Å². The Morgan fingerprint density at radius 2 is 2.29 bits per heavy atom. The fourth-order valence-corrected chi connectivity index (χ4v) is 3.84. The Bertz CT molecular complexity index is 543. The Balaban J connectivity index is 1.83. The summed E-state index contributed by atoms with van der Waals surface area (Å²) in [6.45, 7) is 3.97. The zero-order valence-corrected chi connectivity index (χ0v) is 13.3. The smallest absolute Gasteiger partial charge is 0.279 e. The van der Waals surface area contributed by atoms with Crippen molar-refractivity contribution >= 4 is 10.2 Å². The highest BCUT2D eigenvalue weighted by Gasteiger charge is 2.28. The number of rotatable bonds is 7. The van der Waals surface area contributed by atoms with Gasteiger partial charge in [0, 0.05) is 26.1 Å². The topological polar surface area (TPSA) is 100 Å². The molecule has 0 spiro atoms. The van der Waals surface area contributed by atoms with E-state index >= 15 is 0 Å². The van der Waals surface area contributed by atoms with E-state index < -0.39 is 10.2 Å². The molecular formula is C12H23N5O3S. The molecule has 1 aliphatic rings. The van der Waals surface area contributed by atoms with E-state index in [1.54, 1.807) is 6.92 Å². The van der Waals surface area contributed by atoms with Gasteiger partial charge < -0.3 is 9.84 Å². The van der Waals surface area contributed by atoms with Crippen LogP contribution in [0.3, 0.4) is 0 Å². The molecule has 9 heteroatoms. The number of hydrogen-bond donors (Lipinski definition) is 2. The quantitative estimate of drug-likeness (QED) is 0.715. The molecule has 1 unspecified atom stereocenters. The summed E-state index contributed by atoms with van der Waals surface area (Å²) in [4.78, 5) is 4.04. The molecule has 21 heavy (non-hydrogen) atoms. The maximum absolute atomic E-state index is 12.3. The predicted molar refractivity (Wildman–Crippen MR) is 77.9 cm³/mol. The molecule has 1 atom stereocenters. The van der Waals surface area contributed by atoms with Crippen molar-refractivity contribution < 1.29 is 12.9 Å². The number of aromatic nitrogens is 2. The van der Waals surface area contributed by atoms with Gasteiger partial charge in [0.05, 0.1) is 0 Å². The van der Waals surface area contributed by atoms with Crippen LogP contribution in [0.25, 0.3) is 0 Å². The van der Waals surface area contributed by atoms with E-state index in [1.807, 2.05) is 7.05 Å². The number of nitrogens with zero attached hydrogens (tertiary/aromatic N) is 3. The molecule has 1 fully saturated rings. The SMILES string of the molecule is CNCC1CCCN(S(=O)(=O)NCCc2nc(C)no2)C1. The largest absolute Gasteiger partial charge is 0.339 e. The van der Waals surface area contributed by atoms with Gasteiger partial charge in [-0.1, -0.05) is 5.16 Å². The number of aryl methyl sites for hydroxylation is 1. The van der Waals surface area contributed by atoms with Crippen LogP contribution >= 0.6 is 0 Å². The summed E-state index contributed by atoms with van der Waals surface area (Å²) in [5, 5.41) is 6.78. The Labute approximate surface area is 125 Å². The first-order valence-electron chi connectivity index (χ1n) is 7.20. The van der Waals surface area contributed by atoms with Crippen LogP contribution < -0.4 is 10.0 Å². The number of nitrogens with one attached hydrogen (secondary N) is 2. The van der Waals surface area contributed by atoms with E-state index in [0.29, 0.717) is 37.1 Å². The number of piperidine rings is 1. The van der Waals surface area contributed by atoms with Crippen LogP contribution in [0.1, 0.15) is 24.6 Å². The Morgan fingerprint density at radius 3 is 2.95 bits per heavy atom. The molecule has 1 aromatic rings. The van der Waals surface area contributed by atoms with Crippen LogP contribution in [0.5, 0.6) is 0 Å². The highest BCUT2D eigenvalue weighted by molar-refractivity contribution is 7.87. The highest BCUT2D eigenvalue weighted by atomic mass is 32.2. The standard InChI is InChI=1S/C12H23N5O3S/c1-10-15-12(20-16-10)5-6-14-21(18,19)17-7-3-4-11(9-17)8-13-2/h11,13-14H,3-9H2,1-2H3. The minimum Gasteiger partial charge on any atom is -0.339 e. The Kier molecular flexibility index (Phi) is 5.68. The van der Waals surface area contributed by atoms with Gasteiger partial charge in [0.1, 0.15) is 0 Å². The van der Waals surface area contributed by atoms with Crippen molar-refractivity contribution in [3.8, 4) is 0 Å². The Hall–Kier alpha value is -1.03. The van der Waals surface area contributed by atoms with Crippen LogP contribution in [0.2, 0.25) is 0 Å². The van der Waals surface area contributed by atoms with Crippen LogP contribution in [0, 0.1) is 12.8 Å². The first kappa shape index (κ1) is 16.3. The summed E-state index contributed by atoms with van der Waals surface area (Å²) in [6.07, 6.45) is 2.36. The first-order valence-corrected chi connectivity index (χ1v) is 8.64. The van der Waals surface area contributed by atoms with E-state index in [4.69, 9.17) is 4.52 Å². The van der Waals surface area contributed by atoms with Gasteiger partial charge in [-0.25, -0.2) is 4.72 Å². The van der Waals surface area contributed by atoms with Gasteiger partial charge in [-0.2, -0.15) is 17.7 Å². The second-order valence-corrected chi connectivity index (χ2v) is 7.06. The maximum atomic E-state index is 12.3. The molecular weight excluding hydrogens is 294 g/mol. The van der Waals surface area contributed by atoms with Crippen LogP contribution in [0.15, 0.2) is 4.52 Å². The zero-order chi connectivity index (χ0) is 15.3. The lowest BCUT2D eigenvalue weighted by molar-refractivity contribution is 0.261. The van der Waals surface area contributed by atoms with E-state index in [9.17, 15) is 8.42 Å². The van der Waals surface area contributed by atoms with Crippen molar-refractivity contribution in [3.63, 3.8) is 0 Å². The lowest BCUT2D eigenvalue weighted by Gasteiger charge is -2.31. The second-order valence-electron chi connectivity index (χ2n) is 5.31. The summed E-state index contributed by atoms with van der Waals surface area (Å²) >= 11 is 0. The molecule has 2 rings (SSSR count). The van der Waals surface area contributed by atoms with Gasteiger partial charge in [0.25, 0.3) is 10.2 Å². The third kappa shape index (κ3) is 4.73. The normalized spacial score (nSPS) is 20.8. The van der Waals surface area contributed by atoms with E-state index in [-0.39, 0.29) is 6.54 Å². The van der Waals surface area contributed by atoms with Gasteiger partial charge >= 0.3 is 0 Å². The summed E-state index contributed by atoms with van der Waals surface area (Å²) in [5.74, 6) is 1.37. The van der Waals surface area contributed by atoms with Gasteiger partial charge in [0.2, 0.25) is 5.89 Å². The molecule has 2 N–H and O–H groups in total. The van der Waals surface area contributed by atoms with Crippen molar-refractivity contribution in [2.24, 2.45) is 5.92 Å². The monoisotopic (exact) mass is 317 g/mol. The molecule has 0 saturated carbocycles. The average Bonchev–Trinajstić information content (AvgIpc) is 2.85. The van der Waals surface area contributed by atoms with E-state index in [0.717, 1.165) is 19.4 Å². The first-order chi connectivity index (χ1) is 10.0. The van der Waals surface area contributed by atoms with E-state index in [2.05, 4.69) is 20.2 Å². The molecule has 0 amide bonds. The van der Waals surface area contributed by atoms with Gasteiger partial charge in [-0.3, -0.25) is 0 Å². The third-order valence-corrected chi connectivity index (χ3v) is 5.09. The molecule has 8 nitrogen and oxygen atoms in total. The summed E-state index contributed by atoms with van der Waals surface area (Å²) in [5.41, 5.74) is 0. The highest BCUT2D eigenvalue weighted by Crippen LogP contribution is 2.17. The zero-order valence-electron chi connectivity index (χ0n) is 12.5. The van der Waals surface area contributed by atoms with Crippen LogP contribution in [0.4, 0.5) is 0 Å². The Morgan fingerprint density at radius 1 is 1.48 bits per heavy atom. The number of hydrogen-bond acceptors (Lipinski definition) is 6. The molecule has 1 aromatic heterocycles. The summed E-state index contributed by atoms with van der Waals surface area (Å²) in [7, 11) is -1.55. The minimum absolute atomic E-state index is 0.261. The van der Waals surface area contributed by atoms with E-state index in [1.165, 1.54) is 4.31 Å². The van der Waals surface area contributed by atoms with Gasteiger partial charge in [0.15, 0.2) is 5.82 Å². The molecule has 1 aliphatic heterocycles. The fraction of sp³-hybridized carbons (Fsp3) is 0.833. The minimum atomic E-state index is -3.43. The molecule has 0 aromatic carbocycles. The van der Waals surface area contributed by atoms with Gasteiger partial charge in [-0.05, 0) is 39.3 Å². The van der Waals surface area contributed by atoms with Crippen LogP contribution in [-0.4, -0.2) is 56.1 Å². The second kappa shape index (κ2) is 7.30. The van der Waals surface area contributed by atoms with Crippen molar-refractivity contribution in [2.45, 2.75) is 26.2 Å². The van der Waals surface area contributed by atoms with Crippen molar-refractivity contribution in [1.82, 2.24) is 24.5 Å². The molecule has 120 valence electrons. The lowest BCUT2D eigenvalue weighted by Crippen LogP contribution is -2.47. The van der Waals surface area contributed by atoms with Crippen molar-refractivity contribution in [3.05, 3.63) is 11.7 Å². The lowest BCUT2D eigenvalue weighted by atomic mass is 10.00. The fourth-order valence-electron chi connectivity index (χ4n) is 2.52. The molecule has 0 radical (unpaired) electrons. The molecule has 0 aliphatic carbocycles. The van der Waals surface area contributed by atoms with Crippen LogP contribution in [-0.2, 0) is 16.6 Å². The van der Waals surface area contributed by atoms with Crippen molar-refractivity contribution in [2.75, 3.05) is 33.2 Å². The molecule has 0 bridgehead atoms. The summed E-state index contributed by atoms with van der Waals surface area (Å²) < 4.78 is 33.6. The summed E-state index contributed by atoms with van der Waals surface area (Å²) in [6, 6.07) is 0. The van der Waals surface area contributed by atoms with Crippen molar-refractivity contribution in [1.29, 1.82) is 0 Å². The predicted octanol–water partition coefficient (Wildman–Crippen LogP) is -0.314. The maximum Gasteiger partial charge on any atom is 0.279 e. The average molecular weight is 317 g/mol. The molecule has 2 heterocycles. The third-order valence-electron chi connectivity index (χ3n) is 3.51.